The molecule has 0 atom stereocenters. The lowest BCUT2D eigenvalue weighted by Crippen LogP contribution is -2.32. The van der Waals surface area contributed by atoms with E-state index in [-0.39, 0.29) is 0 Å². The maximum Gasteiger partial charge on any atom is 0.673 e. The van der Waals surface area contributed by atoms with Crippen molar-refractivity contribution in [2.45, 2.75) is 0 Å². The van der Waals surface area contributed by atoms with Gasteiger partial charge in [-0.15, -0.1) is 0 Å². The Hall–Kier alpha value is -0.295. The highest BCUT2D eigenvalue weighted by molar-refractivity contribution is 6.50. The summed E-state index contributed by atoms with van der Waals surface area (Å²) in [5.41, 5.74) is 0. The molecule has 0 aromatic rings. The summed E-state index contributed by atoms with van der Waals surface area (Å²) in [5.74, 6) is 0. The van der Waals surface area contributed by atoms with Crippen LogP contribution in [0.25, 0.3) is 0 Å². The van der Waals surface area contributed by atoms with Gasteiger partial charge < -0.3 is 26.9 Å². The van der Waals surface area contributed by atoms with Crippen LogP contribution in [0.5, 0.6) is 0 Å². The third kappa shape index (κ3) is 12.4. The maximum absolute atomic E-state index is 9.75. The van der Waals surface area contributed by atoms with Crippen LogP contribution in [0, 0.1) is 0 Å². The van der Waals surface area contributed by atoms with Crippen molar-refractivity contribution in [1.29, 1.82) is 0 Å². The van der Waals surface area contributed by atoms with Crippen LogP contribution < -0.4 is 0 Å². The number of hydrogen-bond donors (Lipinski definition) is 0. The van der Waals surface area contributed by atoms with Crippen LogP contribution in [0.2, 0.25) is 0 Å². The van der Waals surface area contributed by atoms with Gasteiger partial charge in [-0.2, -0.15) is 0 Å². The molecular weight excluding hydrogens is 177 g/mol. The van der Waals surface area contributed by atoms with E-state index in [9.17, 15) is 17.3 Å². The van der Waals surface area contributed by atoms with E-state index in [1.807, 2.05) is 0 Å². The molecule has 74 valence electrons. The summed E-state index contributed by atoms with van der Waals surface area (Å²) in [5, 5.41) is 0. The minimum Gasteiger partial charge on any atom is -0.418 e. The third-order valence-electron chi connectivity index (χ3n) is 1.23. The number of likely N-dealkylation sites (N-methyl/N-ethyl adjacent to an activating group) is 1. The summed E-state index contributed by atoms with van der Waals surface area (Å²) in [7, 11) is -3.89. The minimum atomic E-state index is -6.00. The lowest BCUT2D eigenvalue weighted by Gasteiger charge is -2.21. The molecule has 0 amide bonds. The smallest absolute Gasteiger partial charge is 0.418 e. The van der Waals surface area contributed by atoms with E-state index in [4.69, 9.17) is 4.74 Å². The van der Waals surface area contributed by atoms with Crippen LogP contribution in [0.4, 0.5) is 17.3 Å². The van der Waals surface area contributed by atoms with Gasteiger partial charge >= 0.3 is 7.25 Å². The average Bonchev–Trinajstić information content (AvgIpc) is 1.85. The number of hydrogen-bond acceptors (Lipinski definition) is 2. The summed E-state index contributed by atoms with van der Waals surface area (Å²) < 4.78 is 44.1. The Morgan fingerprint density at radius 1 is 1.08 bits per heavy atom. The highest BCUT2D eigenvalue weighted by Crippen LogP contribution is 2.06. The Morgan fingerprint density at radius 3 is 1.58 bits per heavy atom. The molecule has 0 unspecified atom stereocenters. The van der Waals surface area contributed by atoms with E-state index in [0.717, 1.165) is 26.3 Å². The number of nitrogens with zero attached hydrogens (tertiary/aromatic N) is 1. The molecule has 0 radical (unpaired) electrons. The number of ether oxygens (including phenoxy) is 1. The Balaban J connectivity index is 0.000000217. The molecule has 0 aromatic carbocycles. The molecule has 0 aromatic heterocycles. The van der Waals surface area contributed by atoms with Crippen LogP contribution in [-0.4, -0.2) is 45.5 Å². The fourth-order valence-corrected chi connectivity index (χ4v) is 0.655. The largest absolute Gasteiger partial charge is 0.673 e. The molecule has 0 bridgehead atoms. The molecule has 1 heterocycles. The lowest BCUT2D eigenvalue weighted by atomic mass is 10.3. The SMILES string of the molecule is CN1CCOCC1.F[B-](F)(F)F. The summed E-state index contributed by atoms with van der Waals surface area (Å²) in [6.45, 7) is 4.02. The third-order valence-corrected chi connectivity index (χ3v) is 1.23. The van der Waals surface area contributed by atoms with E-state index < -0.39 is 7.25 Å². The number of rotatable bonds is 0. The minimum absolute atomic E-state index is 0.913. The van der Waals surface area contributed by atoms with Crippen molar-refractivity contribution >= 4 is 7.25 Å². The fraction of sp³-hybridized carbons (Fsp3) is 1.00. The lowest BCUT2D eigenvalue weighted by molar-refractivity contribution is 0.0503. The molecule has 0 N–H and O–H groups in total. The molecule has 0 aliphatic carbocycles. The van der Waals surface area contributed by atoms with E-state index in [0.29, 0.717) is 0 Å². The number of halogens is 4. The molecule has 1 saturated heterocycles. The second-order valence-corrected chi connectivity index (χ2v) is 2.41. The summed E-state index contributed by atoms with van der Waals surface area (Å²) in [6, 6.07) is 0. The van der Waals surface area contributed by atoms with Gasteiger partial charge in [-0.1, -0.05) is 0 Å². The first kappa shape index (κ1) is 11.7. The topological polar surface area (TPSA) is 12.5 Å². The van der Waals surface area contributed by atoms with Gasteiger partial charge in [0.2, 0.25) is 0 Å². The normalized spacial score (nSPS) is 19.8. The summed E-state index contributed by atoms with van der Waals surface area (Å²) in [6.07, 6.45) is 0. The quantitative estimate of drug-likeness (QED) is 0.419. The van der Waals surface area contributed by atoms with Crippen molar-refractivity contribution in [3.05, 3.63) is 0 Å². The molecule has 1 fully saturated rings. The average molecular weight is 188 g/mol. The van der Waals surface area contributed by atoms with Crippen molar-refractivity contribution < 1.29 is 22.0 Å². The molecule has 1 aliphatic heterocycles. The van der Waals surface area contributed by atoms with Crippen LogP contribution in [0.1, 0.15) is 0 Å². The Kier molecular flexibility index (Phi) is 5.24. The zero-order chi connectivity index (χ0) is 9.61. The first-order valence-corrected chi connectivity index (χ1v) is 3.53. The molecular formula is C5H11BF4NO-. The zero-order valence-corrected chi connectivity index (χ0v) is 6.77. The predicted octanol–water partition coefficient (Wildman–Crippen LogP) is 1.25. The first-order valence-electron chi connectivity index (χ1n) is 3.53. The maximum atomic E-state index is 9.75. The molecule has 12 heavy (non-hydrogen) atoms. The predicted molar refractivity (Wildman–Crippen MR) is 38.5 cm³/mol. The van der Waals surface area contributed by atoms with Gasteiger partial charge in [0.25, 0.3) is 0 Å². The zero-order valence-electron chi connectivity index (χ0n) is 6.77. The van der Waals surface area contributed by atoms with E-state index in [1.165, 1.54) is 0 Å². The molecule has 2 nitrogen and oxygen atoms in total. The monoisotopic (exact) mass is 188 g/mol. The van der Waals surface area contributed by atoms with Gasteiger partial charge in [-0.3, -0.25) is 0 Å². The molecule has 1 aliphatic rings. The molecule has 7 heteroatoms. The Labute approximate surface area is 68.6 Å². The van der Waals surface area contributed by atoms with Gasteiger partial charge in [0.15, 0.2) is 0 Å². The van der Waals surface area contributed by atoms with Crippen LogP contribution in [0.15, 0.2) is 0 Å². The van der Waals surface area contributed by atoms with Gasteiger partial charge in [0.05, 0.1) is 13.2 Å². The number of morpholine rings is 1. The molecule has 1 rings (SSSR count). The van der Waals surface area contributed by atoms with Gasteiger partial charge in [-0.25, -0.2) is 0 Å². The Bertz CT molecular complexity index is 109. The van der Waals surface area contributed by atoms with Crippen molar-refractivity contribution in [2.24, 2.45) is 0 Å². The summed E-state index contributed by atoms with van der Waals surface area (Å²) >= 11 is 0. The van der Waals surface area contributed by atoms with Crippen LogP contribution in [-0.2, 0) is 4.74 Å². The fourth-order valence-electron chi connectivity index (χ4n) is 0.655. The molecule has 0 saturated carbocycles. The van der Waals surface area contributed by atoms with Crippen molar-refractivity contribution in [3.63, 3.8) is 0 Å². The Morgan fingerprint density at radius 2 is 1.42 bits per heavy atom. The van der Waals surface area contributed by atoms with Crippen LogP contribution >= 0.6 is 0 Å². The molecule has 0 spiro atoms. The van der Waals surface area contributed by atoms with E-state index in [1.54, 1.807) is 0 Å². The first-order chi connectivity index (χ1) is 5.39. The van der Waals surface area contributed by atoms with E-state index in [2.05, 4.69) is 11.9 Å². The summed E-state index contributed by atoms with van der Waals surface area (Å²) in [4.78, 5) is 2.27. The highest BCUT2D eigenvalue weighted by atomic mass is 19.5. The van der Waals surface area contributed by atoms with E-state index >= 15 is 0 Å². The van der Waals surface area contributed by atoms with Crippen LogP contribution in [0.3, 0.4) is 0 Å². The van der Waals surface area contributed by atoms with Gasteiger partial charge in [0.1, 0.15) is 0 Å². The van der Waals surface area contributed by atoms with Crippen molar-refractivity contribution in [1.82, 2.24) is 4.90 Å². The van der Waals surface area contributed by atoms with Crippen molar-refractivity contribution in [2.75, 3.05) is 33.4 Å². The van der Waals surface area contributed by atoms with Gasteiger partial charge in [0, 0.05) is 13.1 Å². The standard InChI is InChI=1S/C5H11NO.BF4/c1-6-2-4-7-5-3-6;2-1(3,4)5/h2-5H2,1H3;/q;-1. The van der Waals surface area contributed by atoms with Gasteiger partial charge in [-0.05, 0) is 7.05 Å². The second kappa shape index (κ2) is 5.37. The second-order valence-electron chi connectivity index (χ2n) is 2.41. The van der Waals surface area contributed by atoms with Crippen molar-refractivity contribution in [3.8, 4) is 0 Å². The highest BCUT2D eigenvalue weighted by Gasteiger charge is 2.20.